The van der Waals surface area contributed by atoms with Gasteiger partial charge in [-0.25, -0.2) is 0 Å². The first-order chi connectivity index (χ1) is 8.08. The van der Waals surface area contributed by atoms with Crippen molar-refractivity contribution in [2.45, 2.75) is 39.2 Å². The van der Waals surface area contributed by atoms with Crippen LogP contribution in [0.1, 0.15) is 33.1 Å². The summed E-state index contributed by atoms with van der Waals surface area (Å²) in [6, 6.07) is 0.411. The van der Waals surface area contributed by atoms with Crippen molar-refractivity contribution in [3.8, 4) is 0 Å². The summed E-state index contributed by atoms with van der Waals surface area (Å²) < 4.78 is 5.06. The van der Waals surface area contributed by atoms with Gasteiger partial charge >= 0.3 is 0 Å². The summed E-state index contributed by atoms with van der Waals surface area (Å²) in [4.78, 5) is 12.2. The van der Waals surface area contributed by atoms with Crippen LogP contribution in [0.5, 0.6) is 0 Å². The third kappa shape index (κ3) is 21.0. The van der Waals surface area contributed by atoms with Crippen LogP contribution in [0.2, 0.25) is 0 Å². The molecule has 102 valence electrons. The third-order valence-corrected chi connectivity index (χ3v) is 2.03. The van der Waals surface area contributed by atoms with Gasteiger partial charge < -0.3 is 20.6 Å². The van der Waals surface area contributed by atoms with E-state index in [1.54, 1.807) is 0 Å². The molecule has 1 rings (SSSR count). The van der Waals surface area contributed by atoms with Crippen LogP contribution in [-0.2, 0) is 9.53 Å². The molecule has 1 saturated heterocycles. The summed E-state index contributed by atoms with van der Waals surface area (Å²) in [7, 11) is 1.81. The minimum atomic E-state index is -0.250. The summed E-state index contributed by atoms with van der Waals surface area (Å²) in [5.41, 5.74) is 5.55. The predicted molar refractivity (Wildman–Crippen MR) is 70.6 cm³/mol. The second-order valence-electron chi connectivity index (χ2n) is 4.13. The lowest BCUT2D eigenvalue weighted by molar-refractivity contribution is -0.122. The van der Waals surface area contributed by atoms with Crippen molar-refractivity contribution in [2.75, 3.05) is 20.3 Å². The number of nitrogens with zero attached hydrogens (tertiary/aromatic N) is 1. The van der Waals surface area contributed by atoms with E-state index in [9.17, 15) is 0 Å². The molecule has 0 aromatic rings. The Kier molecular flexibility index (Phi) is 16.3. The van der Waals surface area contributed by atoms with Crippen molar-refractivity contribution in [1.29, 1.82) is 0 Å². The largest absolute Gasteiger partial charge is 0.483 e. The highest BCUT2D eigenvalue weighted by Crippen LogP contribution is 2.01. The number of rotatable bonds is 2. The molecule has 0 bridgehead atoms. The molecule has 0 radical (unpaired) electrons. The van der Waals surface area contributed by atoms with Crippen molar-refractivity contribution in [3.05, 3.63) is 0 Å². The molecule has 3 N–H and O–H groups in total. The fourth-order valence-electron chi connectivity index (χ4n) is 1.03. The molecule has 5 heteroatoms. The third-order valence-electron chi connectivity index (χ3n) is 2.03. The highest BCUT2D eigenvalue weighted by Gasteiger charge is 2.06. The van der Waals surface area contributed by atoms with Gasteiger partial charge in [0.25, 0.3) is 6.47 Å². The number of nitrogens with two attached hydrogens (primary N) is 1. The predicted octanol–water partition coefficient (Wildman–Crippen LogP) is 1.56. The molecule has 17 heavy (non-hydrogen) atoms. The van der Waals surface area contributed by atoms with Crippen molar-refractivity contribution in [1.82, 2.24) is 0 Å². The van der Waals surface area contributed by atoms with Gasteiger partial charge in [0, 0.05) is 26.3 Å². The summed E-state index contributed by atoms with van der Waals surface area (Å²) in [6.07, 6.45) is 5.14. The van der Waals surface area contributed by atoms with Gasteiger partial charge in [0.1, 0.15) is 0 Å². The summed E-state index contributed by atoms with van der Waals surface area (Å²) >= 11 is 0. The molecule has 0 aromatic heterocycles. The quantitative estimate of drug-likeness (QED) is 0.572. The fourth-order valence-corrected chi connectivity index (χ4v) is 1.03. The minimum absolute atomic E-state index is 0.250. The Bertz CT molecular complexity index is 179. The highest BCUT2D eigenvalue weighted by atomic mass is 16.5. The van der Waals surface area contributed by atoms with Gasteiger partial charge in [0.05, 0.1) is 0 Å². The molecule has 0 unspecified atom stereocenters. The van der Waals surface area contributed by atoms with E-state index >= 15 is 0 Å². The average Bonchev–Trinajstić information content (AvgIpc) is 2.29. The van der Waals surface area contributed by atoms with Gasteiger partial charge in [0.2, 0.25) is 0 Å². The van der Waals surface area contributed by atoms with Crippen LogP contribution in [0.3, 0.4) is 0 Å². The molecule has 0 atom stereocenters. The standard InChI is InChI=1S/C6H13N.C5H11NO.CH2O2/c1-6(2)4-5-7-3;6-5-1-3-7-4-2-5;2-1-3/h5-6H,4H2,1-3H3;5H,1-4,6H2;1H,(H,2,3). The molecule has 1 fully saturated rings. The lowest BCUT2D eigenvalue weighted by atomic mass is 10.1. The summed E-state index contributed by atoms with van der Waals surface area (Å²) in [5, 5.41) is 6.89. The van der Waals surface area contributed by atoms with Gasteiger partial charge in [-0.3, -0.25) is 4.79 Å². The molecule has 1 aliphatic rings. The van der Waals surface area contributed by atoms with Crippen LogP contribution in [0.4, 0.5) is 0 Å². The number of aliphatic imine (C=N–C) groups is 1. The van der Waals surface area contributed by atoms with E-state index in [2.05, 4.69) is 18.8 Å². The first-order valence-electron chi connectivity index (χ1n) is 5.90. The second-order valence-corrected chi connectivity index (χ2v) is 4.13. The number of carboxylic acid groups (broad SMARTS) is 1. The normalized spacial score (nSPS) is 15.8. The Morgan fingerprint density at radius 1 is 1.47 bits per heavy atom. The van der Waals surface area contributed by atoms with Crippen LogP contribution in [0.25, 0.3) is 0 Å². The van der Waals surface area contributed by atoms with Gasteiger partial charge in [-0.15, -0.1) is 0 Å². The Hall–Kier alpha value is -0.940. The molecule has 0 aliphatic carbocycles. The Labute approximate surface area is 104 Å². The zero-order valence-corrected chi connectivity index (χ0v) is 11.1. The van der Waals surface area contributed by atoms with Crippen molar-refractivity contribution >= 4 is 12.7 Å². The lowest BCUT2D eigenvalue weighted by Gasteiger charge is -2.16. The maximum atomic E-state index is 8.36. The van der Waals surface area contributed by atoms with E-state index in [0.29, 0.717) is 6.04 Å². The summed E-state index contributed by atoms with van der Waals surface area (Å²) in [6.45, 7) is 5.84. The smallest absolute Gasteiger partial charge is 0.290 e. The number of carbonyl (C=O) groups is 1. The summed E-state index contributed by atoms with van der Waals surface area (Å²) in [5.74, 6) is 0.753. The SMILES string of the molecule is CN=CCC(C)C.NC1CCOCC1.O=CO. The van der Waals surface area contributed by atoms with Crippen molar-refractivity contribution < 1.29 is 14.6 Å². The number of hydrogen-bond donors (Lipinski definition) is 2. The second kappa shape index (κ2) is 15.1. The maximum absolute atomic E-state index is 8.36. The topological polar surface area (TPSA) is 84.9 Å². The van der Waals surface area contributed by atoms with Crippen LogP contribution < -0.4 is 5.73 Å². The molecule has 0 spiro atoms. The van der Waals surface area contributed by atoms with Gasteiger partial charge in [-0.05, 0) is 31.4 Å². The number of hydrogen-bond acceptors (Lipinski definition) is 4. The van der Waals surface area contributed by atoms with E-state index in [0.717, 1.165) is 38.4 Å². The monoisotopic (exact) mass is 246 g/mol. The maximum Gasteiger partial charge on any atom is 0.290 e. The Morgan fingerprint density at radius 3 is 2.12 bits per heavy atom. The van der Waals surface area contributed by atoms with Crippen LogP contribution in [-0.4, -0.2) is 44.1 Å². The molecule has 0 amide bonds. The van der Waals surface area contributed by atoms with Crippen molar-refractivity contribution in [3.63, 3.8) is 0 Å². The van der Waals surface area contributed by atoms with E-state index < -0.39 is 0 Å². The lowest BCUT2D eigenvalue weighted by Crippen LogP contribution is -2.28. The average molecular weight is 246 g/mol. The first kappa shape index (κ1) is 18.4. The van der Waals surface area contributed by atoms with Crippen LogP contribution in [0, 0.1) is 5.92 Å². The van der Waals surface area contributed by atoms with E-state index in [1.165, 1.54) is 0 Å². The van der Waals surface area contributed by atoms with Gasteiger partial charge in [0.15, 0.2) is 0 Å². The Balaban J connectivity index is 0. The minimum Gasteiger partial charge on any atom is -0.483 e. The van der Waals surface area contributed by atoms with E-state index in [4.69, 9.17) is 20.4 Å². The molecule has 5 nitrogen and oxygen atoms in total. The van der Waals surface area contributed by atoms with E-state index in [-0.39, 0.29) is 6.47 Å². The molecular weight excluding hydrogens is 220 g/mol. The number of ether oxygens (including phenoxy) is 1. The first-order valence-corrected chi connectivity index (χ1v) is 5.90. The zero-order chi connectivity index (χ0) is 13.5. The van der Waals surface area contributed by atoms with Crippen molar-refractivity contribution in [2.24, 2.45) is 16.6 Å². The zero-order valence-electron chi connectivity index (χ0n) is 11.1. The van der Waals surface area contributed by atoms with Gasteiger partial charge in [-0.2, -0.15) is 0 Å². The molecule has 1 aliphatic heterocycles. The molecule has 0 saturated carbocycles. The van der Waals surface area contributed by atoms with Gasteiger partial charge in [-0.1, -0.05) is 13.8 Å². The molecule has 0 aromatic carbocycles. The fraction of sp³-hybridized carbons (Fsp3) is 0.833. The van der Waals surface area contributed by atoms with Crippen LogP contribution >= 0.6 is 0 Å². The molecular formula is C12H26N2O3. The highest BCUT2D eigenvalue weighted by molar-refractivity contribution is 5.56. The van der Waals surface area contributed by atoms with Crippen LogP contribution in [0.15, 0.2) is 4.99 Å². The Morgan fingerprint density at radius 2 is 1.94 bits per heavy atom. The van der Waals surface area contributed by atoms with E-state index in [1.807, 2.05) is 13.3 Å². The molecule has 1 heterocycles.